The van der Waals surface area contributed by atoms with Gasteiger partial charge in [0.2, 0.25) is 0 Å². The minimum atomic E-state index is -4.09. The Morgan fingerprint density at radius 1 is 1.33 bits per heavy atom. The van der Waals surface area contributed by atoms with Crippen LogP contribution in [0.3, 0.4) is 0 Å². The molecule has 1 aromatic heterocycles. The lowest BCUT2D eigenvalue weighted by molar-refractivity contribution is -0.385. The number of benzene rings is 1. The molecule has 0 radical (unpaired) electrons. The van der Waals surface area contributed by atoms with Crippen LogP contribution in [0.5, 0.6) is 0 Å². The summed E-state index contributed by atoms with van der Waals surface area (Å²) < 4.78 is 27.2. The van der Waals surface area contributed by atoms with Crippen LogP contribution >= 0.6 is 15.9 Å². The summed E-state index contributed by atoms with van der Waals surface area (Å²) in [7, 11) is -4.09. The quantitative estimate of drug-likeness (QED) is 0.480. The van der Waals surface area contributed by atoms with Crippen LogP contribution in [0.15, 0.2) is 45.9 Å². The van der Waals surface area contributed by atoms with Gasteiger partial charge in [0.15, 0.2) is 5.82 Å². The maximum absolute atomic E-state index is 12.3. The number of pyridine rings is 1. The average molecular weight is 373 g/mol. The van der Waals surface area contributed by atoms with Crippen LogP contribution < -0.4 is 10.5 Å². The fourth-order valence-electron chi connectivity index (χ4n) is 1.51. The van der Waals surface area contributed by atoms with E-state index in [-0.39, 0.29) is 22.1 Å². The molecule has 10 heteroatoms. The zero-order valence-electron chi connectivity index (χ0n) is 10.4. The predicted molar refractivity (Wildman–Crippen MR) is 80.3 cm³/mol. The van der Waals surface area contributed by atoms with Crippen molar-refractivity contribution in [1.82, 2.24) is 4.98 Å². The van der Waals surface area contributed by atoms with Crippen LogP contribution in [0, 0.1) is 10.1 Å². The molecule has 110 valence electrons. The molecule has 0 aliphatic rings. The van der Waals surface area contributed by atoms with E-state index < -0.39 is 14.9 Å². The maximum Gasteiger partial charge on any atom is 0.270 e. The molecular formula is C11H9BrN4O4S. The monoisotopic (exact) mass is 372 g/mol. The molecule has 1 aromatic carbocycles. The number of aromatic nitrogens is 1. The number of nitro benzene ring substituents is 1. The largest absolute Gasteiger partial charge is 0.398 e. The first-order chi connectivity index (χ1) is 9.81. The molecule has 0 spiro atoms. The van der Waals surface area contributed by atoms with Crippen molar-refractivity contribution in [3.63, 3.8) is 0 Å². The highest BCUT2D eigenvalue weighted by molar-refractivity contribution is 9.10. The molecule has 8 nitrogen and oxygen atoms in total. The van der Waals surface area contributed by atoms with E-state index in [1.54, 1.807) is 12.1 Å². The van der Waals surface area contributed by atoms with Gasteiger partial charge in [0.05, 0.1) is 15.1 Å². The summed E-state index contributed by atoms with van der Waals surface area (Å²) in [5.41, 5.74) is 5.13. The van der Waals surface area contributed by atoms with E-state index in [0.717, 1.165) is 12.1 Å². The van der Waals surface area contributed by atoms with Gasteiger partial charge in [-0.05, 0) is 34.1 Å². The Bertz CT molecular complexity index is 810. The van der Waals surface area contributed by atoms with Gasteiger partial charge < -0.3 is 5.73 Å². The fourth-order valence-corrected chi connectivity index (χ4v) is 3.18. The maximum atomic E-state index is 12.3. The molecule has 0 amide bonds. The number of nitrogen functional groups attached to an aromatic ring is 1. The molecule has 3 N–H and O–H groups in total. The highest BCUT2D eigenvalue weighted by Gasteiger charge is 2.22. The Morgan fingerprint density at radius 2 is 2.05 bits per heavy atom. The van der Waals surface area contributed by atoms with Crippen molar-refractivity contribution in [2.75, 3.05) is 10.5 Å². The number of hydrogen-bond donors (Lipinski definition) is 2. The van der Waals surface area contributed by atoms with E-state index in [1.165, 1.54) is 12.3 Å². The Balaban J connectivity index is 2.47. The Hall–Kier alpha value is -2.20. The van der Waals surface area contributed by atoms with Crippen LogP contribution in [0.25, 0.3) is 0 Å². The molecule has 0 aliphatic carbocycles. The van der Waals surface area contributed by atoms with E-state index in [9.17, 15) is 18.5 Å². The number of nitrogens with one attached hydrogen (secondary N) is 1. The van der Waals surface area contributed by atoms with Gasteiger partial charge in [-0.1, -0.05) is 0 Å². The van der Waals surface area contributed by atoms with Crippen molar-refractivity contribution in [3.05, 3.63) is 51.1 Å². The predicted octanol–water partition coefficient (Wildman–Crippen LogP) is 2.14. The van der Waals surface area contributed by atoms with E-state index in [1.807, 2.05) is 0 Å². The van der Waals surface area contributed by atoms with Gasteiger partial charge in [-0.2, -0.15) is 0 Å². The second-order valence-electron chi connectivity index (χ2n) is 3.92. The van der Waals surface area contributed by atoms with Gasteiger partial charge in [0.25, 0.3) is 15.7 Å². The van der Waals surface area contributed by atoms with Crippen LogP contribution in [-0.4, -0.2) is 18.3 Å². The average Bonchev–Trinajstić information content (AvgIpc) is 2.41. The number of rotatable bonds is 4. The third-order valence-electron chi connectivity index (χ3n) is 2.49. The summed E-state index contributed by atoms with van der Waals surface area (Å²) in [5, 5.41) is 10.7. The highest BCUT2D eigenvalue weighted by atomic mass is 79.9. The molecule has 0 bridgehead atoms. The van der Waals surface area contributed by atoms with Crippen LogP contribution in [0.1, 0.15) is 0 Å². The normalized spacial score (nSPS) is 11.1. The van der Waals surface area contributed by atoms with Crippen molar-refractivity contribution < 1.29 is 13.3 Å². The van der Waals surface area contributed by atoms with Gasteiger partial charge in [-0.3, -0.25) is 14.8 Å². The first-order valence-electron chi connectivity index (χ1n) is 5.48. The molecule has 21 heavy (non-hydrogen) atoms. The summed E-state index contributed by atoms with van der Waals surface area (Å²) in [5.74, 6) is 0.0587. The molecule has 0 saturated heterocycles. The molecule has 2 aromatic rings. The number of halogens is 1. The molecule has 0 atom stereocenters. The van der Waals surface area contributed by atoms with Gasteiger partial charge in [-0.25, -0.2) is 13.4 Å². The van der Waals surface area contributed by atoms with Crippen molar-refractivity contribution >= 4 is 43.1 Å². The molecule has 0 fully saturated rings. The zero-order valence-corrected chi connectivity index (χ0v) is 12.8. The zero-order chi connectivity index (χ0) is 15.6. The molecule has 0 unspecified atom stereocenters. The lowest BCUT2D eigenvalue weighted by Gasteiger charge is -2.10. The first kappa shape index (κ1) is 15.2. The highest BCUT2D eigenvalue weighted by Crippen LogP contribution is 2.27. The first-order valence-corrected chi connectivity index (χ1v) is 7.76. The van der Waals surface area contributed by atoms with E-state index in [4.69, 9.17) is 5.73 Å². The molecule has 2 rings (SSSR count). The Kier molecular flexibility index (Phi) is 4.09. The summed E-state index contributed by atoms with van der Waals surface area (Å²) in [6.45, 7) is 0. The summed E-state index contributed by atoms with van der Waals surface area (Å²) >= 11 is 3.15. The smallest absolute Gasteiger partial charge is 0.270 e. The summed E-state index contributed by atoms with van der Waals surface area (Å²) in [4.78, 5) is 13.5. The van der Waals surface area contributed by atoms with Crippen LogP contribution in [-0.2, 0) is 10.0 Å². The molecule has 1 heterocycles. The topological polar surface area (TPSA) is 128 Å². The van der Waals surface area contributed by atoms with E-state index >= 15 is 0 Å². The second-order valence-corrected chi connectivity index (χ2v) is 6.42. The minimum absolute atomic E-state index is 0.0587. The van der Waals surface area contributed by atoms with Crippen molar-refractivity contribution in [1.29, 1.82) is 0 Å². The lowest BCUT2D eigenvalue weighted by atomic mass is 10.3. The SMILES string of the molecule is Nc1ccc([N+](=O)[O-])cc1S(=O)(=O)Nc1ncccc1Br. The number of sulfonamides is 1. The lowest BCUT2D eigenvalue weighted by Crippen LogP contribution is -2.16. The number of non-ortho nitro benzene ring substituents is 1. The molecular weight excluding hydrogens is 364 g/mol. The number of nitrogens with two attached hydrogens (primary N) is 1. The van der Waals surface area contributed by atoms with Crippen LogP contribution in [0.4, 0.5) is 17.2 Å². The second kappa shape index (κ2) is 5.66. The Labute approximate surface area is 128 Å². The van der Waals surface area contributed by atoms with Gasteiger partial charge in [0.1, 0.15) is 4.90 Å². The summed E-state index contributed by atoms with van der Waals surface area (Å²) in [6, 6.07) is 6.41. The van der Waals surface area contributed by atoms with Gasteiger partial charge >= 0.3 is 0 Å². The third-order valence-corrected chi connectivity index (χ3v) is 4.52. The van der Waals surface area contributed by atoms with Crippen molar-refractivity contribution in [2.24, 2.45) is 0 Å². The standard InChI is InChI=1S/C11H9BrN4O4S/c12-8-2-1-5-14-11(8)15-21(19,20)10-6-7(16(17)18)3-4-9(10)13/h1-6H,13H2,(H,14,15). The number of nitrogens with zero attached hydrogens (tertiary/aromatic N) is 2. The number of hydrogen-bond acceptors (Lipinski definition) is 6. The van der Waals surface area contributed by atoms with Crippen molar-refractivity contribution in [2.45, 2.75) is 4.90 Å². The Morgan fingerprint density at radius 3 is 2.67 bits per heavy atom. The molecule has 0 aliphatic heterocycles. The minimum Gasteiger partial charge on any atom is -0.398 e. The van der Waals surface area contributed by atoms with E-state index in [2.05, 4.69) is 25.6 Å². The number of nitro groups is 1. The number of anilines is 2. The fraction of sp³-hybridized carbons (Fsp3) is 0. The molecule has 0 saturated carbocycles. The van der Waals surface area contributed by atoms with E-state index in [0.29, 0.717) is 4.47 Å². The van der Waals surface area contributed by atoms with Crippen LogP contribution in [0.2, 0.25) is 0 Å². The third kappa shape index (κ3) is 3.28. The summed E-state index contributed by atoms with van der Waals surface area (Å²) in [6.07, 6.45) is 1.40. The van der Waals surface area contributed by atoms with Gasteiger partial charge in [-0.15, -0.1) is 0 Å². The van der Waals surface area contributed by atoms with Gasteiger partial charge in [0, 0.05) is 18.3 Å². The van der Waals surface area contributed by atoms with Crippen molar-refractivity contribution in [3.8, 4) is 0 Å².